The smallest absolute Gasteiger partial charge is 0.302 e. The van der Waals surface area contributed by atoms with Crippen molar-refractivity contribution in [2.75, 3.05) is 32.8 Å². The minimum absolute atomic E-state index is 0.0352. The zero-order chi connectivity index (χ0) is 31.4. The number of esters is 1. The lowest BCUT2D eigenvalue weighted by atomic mass is 10.1. The van der Waals surface area contributed by atoms with Crippen molar-refractivity contribution in [1.29, 1.82) is 0 Å². The summed E-state index contributed by atoms with van der Waals surface area (Å²) in [5.41, 5.74) is 3.25. The van der Waals surface area contributed by atoms with Crippen LogP contribution in [0.5, 0.6) is 5.75 Å². The van der Waals surface area contributed by atoms with Gasteiger partial charge in [0.05, 0.1) is 48.7 Å². The van der Waals surface area contributed by atoms with E-state index in [9.17, 15) is 18.9 Å². The number of amides is 2. The molecule has 1 aromatic heterocycles. The Labute approximate surface area is 256 Å². The second kappa shape index (κ2) is 13.2. The molecule has 1 atom stereocenters. The Bertz CT molecular complexity index is 1700. The summed E-state index contributed by atoms with van der Waals surface area (Å²) in [7, 11) is -2.30. The van der Waals surface area contributed by atoms with Gasteiger partial charge in [-0.3, -0.25) is 24.2 Å². The van der Waals surface area contributed by atoms with Crippen LogP contribution in [0.15, 0.2) is 72.8 Å². The van der Waals surface area contributed by atoms with Crippen molar-refractivity contribution in [1.82, 2.24) is 19.4 Å². The van der Waals surface area contributed by atoms with E-state index >= 15 is 0 Å². The van der Waals surface area contributed by atoms with E-state index < -0.39 is 19.2 Å². The molecule has 10 nitrogen and oxygen atoms in total. The molecule has 3 aromatic carbocycles. The van der Waals surface area contributed by atoms with Crippen LogP contribution in [0, 0.1) is 0 Å². The predicted octanol–water partition coefficient (Wildman–Crippen LogP) is 5.25. The van der Waals surface area contributed by atoms with Crippen LogP contribution >= 0.6 is 7.14 Å². The predicted molar refractivity (Wildman–Crippen MR) is 168 cm³/mol. The van der Waals surface area contributed by atoms with Crippen LogP contribution < -0.4 is 4.74 Å². The van der Waals surface area contributed by atoms with Crippen LogP contribution in [0.25, 0.3) is 11.0 Å². The van der Waals surface area contributed by atoms with E-state index in [0.717, 1.165) is 11.1 Å². The van der Waals surface area contributed by atoms with E-state index in [2.05, 4.69) is 17.0 Å². The van der Waals surface area contributed by atoms with E-state index in [0.29, 0.717) is 54.2 Å². The third-order valence-corrected chi connectivity index (χ3v) is 8.33. The number of aromatic nitrogens is 2. The zero-order valence-electron chi connectivity index (χ0n) is 25.4. The first kappa shape index (κ1) is 31.2. The molecular formula is C33H37N4O6P. The minimum Gasteiger partial charge on any atom is -0.492 e. The number of nitrogens with zero attached hydrogens (tertiary/aromatic N) is 4. The van der Waals surface area contributed by atoms with Crippen LogP contribution in [0.4, 0.5) is 0 Å². The number of hydrogen-bond acceptors (Lipinski definition) is 8. The van der Waals surface area contributed by atoms with E-state index in [4.69, 9.17) is 14.5 Å². The molecule has 4 aromatic rings. The minimum atomic E-state index is -2.30. The highest BCUT2D eigenvalue weighted by Crippen LogP contribution is 2.37. The molecule has 0 N–H and O–H groups in total. The quantitative estimate of drug-likeness (QED) is 0.114. The third kappa shape index (κ3) is 7.44. The molecule has 0 saturated heterocycles. The first-order chi connectivity index (χ1) is 21.0. The van der Waals surface area contributed by atoms with Crippen molar-refractivity contribution in [3.63, 3.8) is 0 Å². The van der Waals surface area contributed by atoms with Crippen LogP contribution in [0.2, 0.25) is 0 Å². The molecule has 1 aliphatic heterocycles. The Hall–Kier alpha value is -4.27. The van der Waals surface area contributed by atoms with Gasteiger partial charge in [0.15, 0.2) is 0 Å². The molecular weight excluding hydrogens is 579 g/mol. The topological polar surface area (TPSA) is 111 Å². The Morgan fingerprint density at radius 2 is 1.64 bits per heavy atom. The molecule has 0 bridgehead atoms. The van der Waals surface area contributed by atoms with Gasteiger partial charge in [-0.1, -0.05) is 42.5 Å². The highest BCUT2D eigenvalue weighted by molar-refractivity contribution is 7.62. The molecule has 0 radical (unpaired) electrons. The van der Waals surface area contributed by atoms with Gasteiger partial charge in [0, 0.05) is 26.1 Å². The highest BCUT2D eigenvalue weighted by atomic mass is 31.2. The van der Waals surface area contributed by atoms with Crippen molar-refractivity contribution in [3.8, 4) is 5.75 Å². The van der Waals surface area contributed by atoms with Gasteiger partial charge in [-0.2, -0.15) is 0 Å². The Morgan fingerprint density at radius 1 is 0.977 bits per heavy atom. The van der Waals surface area contributed by atoms with Crippen LogP contribution in [0.1, 0.15) is 46.0 Å². The Balaban J connectivity index is 1.37. The van der Waals surface area contributed by atoms with Gasteiger partial charge in [0.25, 0.3) is 11.8 Å². The summed E-state index contributed by atoms with van der Waals surface area (Å²) in [6.07, 6.45) is -0.00700. The first-order valence-corrected chi connectivity index (χ1v) is 17.3. The summed E-state index contributed by atoms with van der Waals surface area (Å²) in [6, 6.07) is 22.3. The van der Waals surface area contributed by atoms with E-state index in [1.165, 1.54) is 11.8 Å². The number of carbonyl (C=O) groups excluding carboxylic acids is 3. The van der Waals surface area contributed by atoms with Crippen molar-refractivity contribution in [3.05, 3.63) is 95.3 Å². The third-order valence-electron chi connectivity index (χ3n) is 7.25. The molecule has 2 heterocycles. The van der Waals surface area contributed by atoms with Crippen molar-refractivity contribution in [2.24, 2.45) is 0 Å². The van der Waals surface area contributed by atoms with Gasteiger partial charge in [-0.15, -0.1) is 0 Å². The highest BCUT2D eigenvalue weighted by Gasteiger charge is 2.36. The molecule has 230 valence electrons. The normalized spacial score (nSPS) is 13.9. The maximum absolute atomic E-state index is 13.1. The Kier molecular flexibility index (Phi) is 9.32. The maximum Gasteiger partial charge on any atom is 0.302 e. The largest absolute Gasteiger partial charge is 0.492 e. The van der Waals surface area contributed by atoms with Gasteiger partial charge in [0.2, 0.25) is 0 Å². The lowest BCUT2D eigenvalue weighted by Crippen LogP contribution is -2.31. The van der Waals surface area contributed by atoms with Crippen molar-refractivity contribution < 1.29 is 28.4 Å². The van der Waals surface area contributed by atoms with Gasteiger partial charge in [-0.05, 0) is 50.1 Å². The number of ether oxygens (including phenoxy) is 2. The number of hydrogen-bond donors (Lipinski definition) is 0. The number of fused-ring (bicyclic) bond motifs is 2. The summed E-state index contributed by atoms with van der Waals surface area (Å²) < 4.78 is 26.1. The standard InChI is InChI=1S/C33H37N4O6P/c1-23(43-24(2)38)19-36-30-18-26(42-17-16-35(22-44(3,4)41)20-25-10-6-5-7-11-25)14-15-29(30)34-31(36)21-37-32(39)27-12-8-9-13-28(27)33(37)40/h5-15,18,23H,16-17,19-22H2,1-4H3/t23-/m0/s1. The fourth-order valence-electron chi connectivity index (χ4n) is 5.48. The molecule has 0 fully saturated rings. The summed E-state index contributed by atoms with van der Waals surface area (Å²) in [5, 5.41) is 0. The van der Waals surface area contributed by atoms with Gasteiger partial charge in [-0.25, -0.2) is 4.98 Å². The van der Waals surface area contributed by atoms with Crippen LogP contribution in [-0.2, 0) is 33.7 Å². The number of imidazole rings is 1. The fourth-order valence-corrected chi connectivity index (χ4v) is 6.69. The second-order valence-corrected chi connectivity index (χ2v) is 15.0. The van der Waals surface area contributed by atoms with Crippen molar-refractivity contribution in [2.45, 2.75) is 39.6 Å². The summed E-state index contributed by atoms with van der Waals surface area (Å²) in [5.74, 6) is -0.0464. The number of benzene rings is 3. The Morgan fingerprint density at radius 3 is 2.27 bits per heavy atom. The number of rotatable bonds is 13. The average Bonchev–Trinajstić information content (AvgIpc) is 3.41. The van der Waals surface area contributed by atoms with Crippen LogP contribution in [0.3, 0.4) is 0 Å². The molecule has 11 heteroatoms. The van der Waals surface area contributed by atoms with Crippen molar-refractivity contribution >= 4 is 36.0 Å². The molecule has 1 aliphatic rings. The molecule has 0 aliphatic carbocycles. The molecule has 0 unspecified atom stereocenters. The average molecular weight is 617 g/mol. The first-order valence-electron chi connectivity index (χ1n) is 14.5. The van der Waals surface area contributed by atoms with Gasteiger partial charge >= 0.3 is 5.97 Å². The fraction of sp³-hybridized carbons (Fsp3) is 0.333. The van der Waals surface area contributed by atoms with E-state index in [-0.39, 0.29) is 24.9 Å². The van der Waals surface area contributed by atoms with E-state index in [1.807, 2.05) is 41.0 Å². The molecule has 44 heavy (non-hydrogen) atoms. The lowest BCUT2D eigenvalue weighted by molar-refractivity contribution is -0.146. The monoisotopic (exact) mass is 616 g/mol. The maximum atomic E-state index is 13.1. The molecule has 5 rings (SSSR count). The summed E-state index contributed by atoms with van der Waals surface area (Å²) in [4.78, 5) is 45.9. The molecule has 2 amide bonds. The second-order valence-electron chi connectivity index (χ2n) is 11.6. The van der Waals surface area contributed by atoms with Gasteiger partial charge < -0.3 is 18.6 Å². The lowest BCUT2D eigenvalue weighted by Gasteiger charge is -2.24. The van der Waals surface area contributed by atoms with Crippen LogP contribution in [-0.4, -0.2) is 76.0 Å². The molecule has 0 saturated carbocycles. The molecule has 0 spiro atoms. The summed E-state index contributed by atoms with van der Waals surface area (Å²) in [6.45, 7) is 8.56. The summed E-state index contributed by atoms with van der Waals surface area (Å²) >= 11 is 0. The number of imide groups is 1. The van der Waals surface area contributed by atoms with E-state index in [1.54, 1.807) is 44.5 Å². The van der Waals surface area contributed by atoms with Gasteiger partial charge in [0.1, 0.15) is 24.3 Å². The SMILES string of the molecule is CC(=O)O[C@@H](C)Cn1c(CN2C(=O)c3ccccc3C2=O)nc2ccc(OCCN(Cc3ccccc3)CP(C)(C)=O)cc21. The zero-order valence-corrected chi connectivity index (χ0v) is 26.3. The number of carbonyl (C=O) groups is 3.